The second-order valence-corrected chi connectivity index (χ2v) is 15.0. The minimum atomic E-state index is -2.78. The van der Waals surface area contributed by atoms with Crippen LogP contribution >= 0.6 is 0 Å². The van der Waals surface area contributed by atoms with Gasteiger partial charge in [-0.3, -0.25) is 14.2 Å². The van der Waals surface area contributed by atoms with Gasteiger partial charge >= 0.3 is 5.69 Å². The first-order chi connectivity index (χ1) is 18.0. The number of rotatable bonds is 8. The number of carbonyl (C=O) groups excluding carboxylic acids is 1. The fourth-order valence-corrected chi connectivity index (χ4v) is 9.90. The standard InChI is InChI=1S/C28H36N4O5Si/c1-21(34)29-25-16-17-32(26(35)30-25)28(20-33)18-22(31(5)37-28)19-36-38(27(2,3)4,23-12-8-6-9-13-23)24-14-10-7-11-15-24/h6-17,22,33H,18-20H2,1-5H3,(H,29,30,34,35)/t22-,28-/m1/s1. The normalized spacial score (nSPS) is 20.4. The molecule has 4 rings (SSSR count). The maximum absolute atomic E-state index is 12.9. The van der Waals surface area contributed by atoms with Gasteiger partial charge in [0, 0.05) is 26.6 Å². The van der Waals surface area contributed by atoms with E-state index in [2.05, 4.69) is 55.3 Å². The number of nitrogens with one attached hydrogen (secondary N) is 1. The number of benzene rings is 2. The average Bonchev–Trinajstić information content (AvgIpc) is 3.21. The van der Waals surface area contributed by atoms with Crippen molar-refractivity contribution in [3.05, 3.63) is 83.4 Å². The molecule has 1 amide bonds. The minimum absolute atomic E-state index is 0.143. The molecule has 1 aliphatic heterocycles. The number of aliphatic hydroxyl groups is 1. The Morgan fingerprint density at radius 2 is 1.71 bits per heavy atom. The second kappa shape index (κ2) is 10.9. The molecule has 2 atom stereocenters. The molecule has 1 saturated heterocycles. The van der Waals surface area contributed by atoms with E-state index >= 15 is 0 Å². The molecule has 202 valence electrons. The quantitative estimate of drug-likeness (QED) is 0.425. The smallest absolute Gasteiger partial charge is 0.351 e. The lowest BCUT2D eigenvalue weighted by Gasteiger charge is -2.43. The lowest BCUT2D eigenvalue weighted by molar-refractivity contribution is -0.239. The molecule has 9 nitrogen and oxygen atoms in total. The highest BCUT2D eigenvalue weighted by atomic mass is 28.4. The van der Waals surface area contributed by atoms with Crippen LogP contribution in [0.3, 0.4) is 0 Å². The van der Waals surface area contributed by atoms with Crippen LogP contribution in [-0.4, -0.2) is 60.2 Å². The zero-order valence-corrected chi connectivity index (χ0v) is 23.5. The number of nitrogens with zero attached hydrogens (tertiary/aromatic N) is 3. The van der Waals surface area contributed by atoms with E-state index in [4.69, 9.17) is 9.26 Å². The average molecular weight is 537 g/mol. The fraction of sp³-hybridized carbons (Fsp3) is 0.393. The zero-order chi connectivity index (χ0) is 27.6. The topological polar surface area (TPSA) is 106 Å². The summed E-state index contributed by atoms with van der Waals surface area (Å²) in [6, 6.07) is 22.0. The Morgan fingerprint density at radius 1 is 1.13 bits per heavy atom. The summed E-state index contributed by atoms with van der Waals surface area (Å²) in [5.41, 5.74) is -1.97. The molecule has 2 aromatic carbocycles. The van der Waals surface area contributed by atoms with E-state index in [1.807, 2.05) is 36.4 Å². The van der Waals surface area contributed by atoms with Gasteiger partial charge in [0.1, 0.15) is 5.82 Å². The van der Waals surface area contributed by atoms with Crippen LogP contribution < -0.4 is 21.4 Å². The monoisotopic (exact) mass is 536 g/mol. The predicted molar refractivity (Wildman–Crippen MR) is 149 cm³/mol. The van der Waals surface area contributed by atoms with Crippen molar-refractivity contribution >= 4 is 30.4 Å². The van der Waals surface area contributed by atoms with Crippen molar-refractivity contribution in [3.8, 4) is 0 Å². The van der Waals surface area contributed by atoms with Crippen LogP contribution in [0, 0.1) is 0 Å². The van der Waals surface area contributed by atoms with Crippen LogP contribution in [0.4, 0.5) is 5.82 Å². The summed E-state index contributed by atoms with van der Waals surface area (Å²) in [6.45, 7) is 7.88. The molecule has 0 saturated carbocycles. The number of hydrogen-bond donors (Lipinski definition) is 2. The molecule has 2 heterocycles. The highest BCUT2D eigenvalue weighted by Crippen LogP contribution is 2.39. The van der Waals surface area contributed by atoms with Crippen LogP contribution in [0.1, 0.15) is 34.1 Å². The Kier molecular flexibility index (Phi) is 8.00. The maximum Gasteiger partial charge on any atom is 0.351 e. The van der Waals surface area contributed by atoms with Crippen molar-refractivity contribution in [1.82, 2.24) is 14.6 Å². The number of amides is 1. The molecule has 0 radical (unpaired) electrons. The third-order valence-corrected chi connectivity index (χ3v) is 12.1. The Hall–Kier alpha value is -3.15. The summed E-state index contributed by atoms with van der Waals surface area (Å²) in [5.74, 6) is -0.186. The lowest BCUT2D eigenvalue weighted by Crippen LogP contribution is -2.67. The van der Waals surface area contributed by atoms with E-state index in [9.17, 15) is 14.7 Å². The fourth-order valence-electron chi connectivity index (χ4n) is 5.30. The third-order valence-electron chi connectivity index (χ3n) is 7.09. The van der Waals surface area contributed by atoms with Gasteiger partial charge in [-0.2, -0.15) is 10.0 Å². The number of aromatic nitrogens is 2. The summed E-state index contributed by atoms with van der Waals surface area (Å²) in [5, 5.41) is 16.7. The van der Waals surface area contributed by atoms with Gasteiger partial charge in [0.05, 0.1) is 19.3 Å². The molecular formula is C28H36N4O5Si. The highest BCUT2D eigenvalue weighted by Gasteiger charge is 2.52. The molecule has 1 aliphatic rings. The largest absolute Gasteiger partial charge is 0.406 e. The minimum Gasteiger partial charge on any atom is -0.406 e. The van der Waals surface area contributed by atoms with Gasteiger partial charge in [0.2, 0.25) is 5.91 Å². The summed E-state index contributed by atoms with van der Waals surface area (Å²) in [6.07, 6.45) is 1.79. The van der Waals surface area contributed by atoms with Gasteiger partial charge in [-0.05, 0) is 21.5 Å². The molecule has 3 aromatic rings. The Bertz CT molecular complexity index is 1270. The van der Waals surface area contributed by atoms with Gasteiger partial charge in [-0.15, -0.1) is 0 Å². The van der Waals surface area contributed by atoms with E-state index < -0.39 is 26.3 Å². The summed E-state index contributed by atoms with van der Waals surface area (Å²) < 4.78 is 8.35. The number of hydroxylamine groups is 2. The number of carbonyl (C=O) groups is 1. The molecule has 0 bridgehead atoms. The third kappa shape index (κ3) is 5.23. The number of hydrogen-bond acceptors (Lipinski definition) is 7. The van der Waals surface area contributed by atoms with Crippen molar-refractivity contribution in [2.24, 2.45) is 0 Å². The lowest BCUT2D eigenvalue weighted by atomic mass is 10.1. The van der Waals surface area contributed by atoms with Gasteiger partial charge in [-0.1, -0.05) is 81.4 Å². The number of aliphatic hydroxyl groups excluding tert-OH is 1. The van der Waals surface area contributed by atoms with Crippen molar-refractivity contribution in [2.75, 3.05) is 25.6 Å². The van der Waals surface area contributed by atoms with E-state index in [-0.39, 0.29) is 22.8 Å². The molecule has 2 N–H and O–H groups in total. The van der Waals surface area contributed by atoms with E-state index in [0.29, 0.717) is 13.0 Å². The van der Waals surface area contributed by atoms with Crippen LogP contribution in [-0.2, 0) is 19.8 Å². The molecule has 0 unspecified atom stereocenters. The highest BCUT2D eigenvalue weighted by molar-refractivity contribution is 6.99. The maximum atomic E-state index is 12.9. The van der Waals surface area contributed by atoms with Crippen LogP contribution in [0.15, 0.2) is 77.7 Å². The first kappa shape index (κ1) is 27.9. The summed E-state index contributed by atoms with van der Waals surface area (Å²) in [7, 11) is -1.00. The zero-order valence-electron chi connectivity index (χ0n) is 22.5. The van der Waals surface area contributed by atoms with Crippen LogP contribution in [0.25, 0.3) is 0 Å². The van der Waals surface area contributed by atoms with Gasteiger partial charge in [-0.25, -0.2) is 4.79 Å². The molecule has 10 heteroatoms. The molecule has 0 aliphatic carbocycles. The first-order valence-electron chi connectivity index (χ1n) is 12.7. The Labute approximate surface area is 224 Å². The predicted octanol–water partition coefficient (Wildman–Crippen LogP) is 2.06. The Morgan fingerprint density at radius 3 is 2.18 bits per heavy atom. The van der Waals surface area contributed by atoms with Crippen LogP contribution in [0.5, 0.6) is 0 Å². The molecule has 1 fully saturated rings. The van der Waals surface area contributed by atoms with Crippen molar-refractivity contribution < 1.29 is 19.2 Å². The van der Waals surface area contributed by atoms with E-state index in [1.54, 1.807) is 12.1 Å². The molecular weight excluding hydrogens is 500 g/mol. The summed E-state index contributed by atoms with van der Waals surface area (Å²) >= 11 is 0. The van der Waals surface area contributed by atoms with E-state index in [0.717, 1.165) is 0 Å². The summed E-state index contributed by atoms with van der Waals surface area (Å²) in [4.78, 5) is 34.3. The first-order valence-corrected chi connectivity index (χ1v) is 14.6. The van der Waals surface area contributed by atoms with E-state index in [1.165, 1.54) is 34.1 Å². The Balaban J connectivity index is 1.67. The van der Waals surface area contributed by atoms with Crippen molar-refractivity contribution in [3.63, 3.8) is 0 Å². The number of anilines is 1. The van der Waals surface area contributed by atoms with Crippen LogP contribution in [0.2, 0.25) is 5.04 Å². The molecule has 38 heavy (non-hydrogen) atoms. The van der Waals surface area contributed by atoms with Crippen molar-refractivity contribution in [1.29, 1.82) is 0 Å². The SMILES string of the molecule is CC(=O)Nc1ccn([C@]2(CO)C[C@H](CO[Si](c3ccccc3)(c3ccccc3)C(C)(C)C)N(C)O2)c(=O)n1. The number of likely N-dealkylation sites (N-methyl/N-ethyl adjacent to an activating group) is 1. The van der Waals surface area contributed by atoms with Gasteiger partial charge in [0.15, 0.2) is 5.72 Å². The molecule has 1 aromatic heterocycles. The molecule has 0 spiro atoms. The van der Waals surface area contributed by atoms with Gasteiger partial charge in [0.25, 0.3) is 8.32 Å². The van der Waals surface area contributed by atoms with Crippen molar-refractivity contribution in [2.45, 2.75) is 50.9 Å². The van der Waals surface area contributed by atoms with Gasteiger partial charge < -0.3 is 14.8 Å². The second-order valence-electron chi connectivity index (χ2n) is 10.7.